The normalized spacial score (nSPS) is 12.7. The maximum absolute atomic E-state index is 9.20. The van der Waals surface area contributed by atoms with E-state index in [1.807, 2.05) is 0 Å². The van der Waals surface area contributed by atoms with Crippen molar-refractivity contribution in [1.29, 1.82) is 0 Å². The number of aliphatic hydroxyl groups is 2. The van der Waals surface area contributed by atoms with Crippen molar-refractivity contribution in [1.82, 2.24) is 0 Å². The zero-order chi connectivity index (χ0) is 16.3. The summed E-state index contributed by atoms with van der Waals surface area (Å²) >= 11 is 1.76. The van der Waals surface area contributed by atoms with E-state index in [4.69, 9.17) is 5.11 Å². The zero-order valence-corrected chi connectivity index (χ0v) is 15.7. The molecular weight excluding hydrogens is 292 g/mol. The Morgan fingerprint density at radius 1 is 0.682 bits per heavy atom. The van der Waals surface area contributed by atoms with Gasteiger partial charge in [0.15, 0.2) is 0 Å². The van der Waals surface area contributed by atoms with E-state index in [2.05, 4.69) is 6.92 Å². The minimum atomic E-state index is -0.531. The molecule has 0 amide bonds. The molecular formula is C19H40O2S. The number of thioether (sulfide) groups is 1. The Bertz CT molecular complexity index is 200. The molecule has 3 heteroatoms. The summed E-state index contributed by atoms with van der Waals surface area (Å²) in [7, 11) is 0. The summed E-state index contributed by atoms with van der Waals surface area (Å²) in [6, 6.07) is 0. The summed E-state index contributed by atoms with van der Waals surface area (Å²) in [6.07, 6.45) is 19.0. The van der Waals surface area contributed by atoms with Crippen molar-refractivity contribution < 1.29 is 10.2 Å². The molecule has 0 heterocycles. The molecule has 0 rings (SSSR count). The first-order chi connectivity index (χ1) is 10.8. The predicted molar refractivity (Wildman–Crippen MR) is 101 cm³/mol. The highest BCUT2D eigenvalue weighted by molar-refractivity contribution is 7.99. The van der Waals surface area contributed by atoms with Crippen molar-refractivity contribution >= 4 is 11.8 Å². The van der Waals surface area contributed by atoms with Crippen LogP contribution >= 0.6 is 11.8 Å². The third-order valence-corrected chi connectivity index (χ3v) is 5.36. The summed E-state index contributed by atoms with van der Waals surface area (Å²) in [6.45, 7) is 2.17. The number of rotatable bonds is 18. The van der Waals surface area contributed by atoms with Crippen LogP contribution in [0.2, 0.25) is 0 Å². The van der Waals surface area contributed by atoms with Crippen LogP contribution < -0.4 is 0 Å². The van der Waals surface area contributed by atoms with Crippen LogP contribution in [0.3, 0.4) is 0 Å². The molecule has 0 bridgehead atoms. The van der Waals surface area contributed by atoms with Crippen molar-refractivity contribution in [2.45, 2.75) is 103 Å². The van der Waals surface area contributed by atoms with Crippen LogP contribution in [0.25, 0.3) is 0 Å². The highest BCUT2D eigenvalue weighted by Crippen LogP contribution is 2.14. The second kappa shape index (κ2) is 19.3. The van der Waals surface area contributed by atoms with Crippen LogP contribution in [0.5, 0.6) is 0 Å². The van der Waals surface area contributed by atoms with E-state index in [1.165, 1.54) is 89.9 Å². The fourth-order valence-electron chi connectivity index (χ4n) is 2.67. The zero-order valence-electron chi connectivity index (χ0n) is 14.9. The van der Waals surface area contributed by atoms with E-state index in [-0.39, 0.29) is 6.61 Å². The van der Waals surface area contributed by atoms with Gasteiger partial charge in [-0.15, -0.1) is 0 Å². The van der Waals surface area contributed by atoms with Crippen molar-refractivity contribution in [2.24, 2.45) is 0 Å². The Morgan fingerprint density at radius 2 is 1.09 bits per heavy atom. The standard InChI is InChI=1S/C19H40O2S/c1-2-3-4-5-6-7-8-9-10-11-12-13-14-15-16-22-18-19(21)17-20/h19-21H,2-18H2,1H3. The molecule has 0 saturated carbocycles. The quantitative estimate of drug-likeness (QED) is 0.323. The SMILES string of the molecule is CCCCCCCCCCCCCCCCSCC(O)CO. The summed E-state index contributed by atoms with van der Waals surface area (Å²) in [5.41, 5.74) is 0. The Labute approximate surface area is 143 Å². The molecule has 0 aliphatic rings. The number of hydrogen-bond donors (Lipinski definition) is 2. The molecule has 0 saturated heterocycles. The molecule has 1 atom stereocenters. The summed E-state index contributed by atoms with van der Waals surface area (Å²) < 4.78 is 0. The number of aliphatic hydroxyl groups excluding tert-OH is 2. The average molecular weight is 333 g/mol. The van der Waals surface area contributed by atoms with Gasteiger partial charge in [0, 0.05) is 5.75 Å². The smallest absolute Gasteiger partial charge is 0.0861 e. The predicted octanol–water partition coefficient (Wildman–Crippen LogP) is 5.55. The molecule has 2 nitrogen and oxygen atoms in total. The number of hydrogen-bond acceptors (Lipinski definition) is 3. The lowest BCUT2D eigenvalue weighted by molar-refractivity contribution is 0.113. The van der Waals surface area contributed by atoms with E-state index in [0.717, 1.165) is 5.75 Å². The van der Waals surface area contributed by atoms with E-state index in [0.29, 0.717) is 5.75 Å². The molecule has 0 aliphatic carbocycles. The van der Waals surface area contributed by atoms with Gasteiger partial charge in [-0.05, 0) is 12.2 Å². The largest absolute Gasteiger partial charge is 0.394 e. The molecule has 0 aliphatic heterocycles. The molecule has 2 N–H and O–H groups in total. The first-order valence-electron chi connectivity index (χ1n) is 9.68. The van der Waals surface area contributed by atoms with E-state index in [1.54, 1.807) is 11.8 Å². The second-order valence-electron chi connectivity index (χ2n) is 6.51. The average Bonchev–Trinajstić information content (AvgIpc) is 2.54. The van der Waals surface area contributed by atoms with E-state index in [9.17, 15) is 5.11 Å². The lowest BCUT2D eigenvalue weighted by Gasteiger charge is -2.06. The minimum Gasteiger partial charge on any atom is -0.394 e. The van der Waals surface area contributed by atoms with Crippen LogP contribution in [-0.4, -0.2) is 34.4 Å². The first kappa shape index (κ1) is 22.3. The maximum Gasteiger partial charge on any atom is 0.0861 e. The molecule has 0 aromatic rings. The molecule has 22 heavy (non-hydrogen) atoms. The summed E-state index contributed by atoms with van der Waals surface area (Å²) in [4.78, 5) is 0. The summed E-state index contributed by atoms with van der Waals surface area (Å²) in [5.74, 6) is 1.80. The van der Waals surface area contributed by atoms with E-state index >= 15 is 0 Å². The van der Waals surface area contributed by atoms with Crippen LogP contribution in [0.1, 0.15) is 96.8 Å². The van der Waals surface area contributed by atoms with Crippen molar-refractivity contribution in [3.05, 3.63) is 0 Å². The van der Waals surface area contributed by atoms with Crippen molar-refractivity contribution in [3.63, 3.8) is 0 Å². The lowest BCUT2D eigenvalue weighted by Crippen LogP contribution is -2.14. The fraction of sp³-hybridized carbons (Fsp3) is 1.00. The Morgan fingerprint density at radius 3 is 1.50 bits per heavy atom. The second-order valence-corrected chi connectivity index (χ2v) is 7.66. The molecule has 0 fully saturated rings. The third kappa shape index (κ3) is 18.3. The molecule has 0 aromatic carbocycles. The number of unbranched alkanes of at least 4 members (excludes halogenated alkanes) is 13. The highest BCUT2D eigenvalue weighted by Gasteiger charge is 2.00. The molecule has 0 radical (unpaired) electrons. The van der Waals surface area contributed by atoms with Gasteiger partial charge in [0.25, 0.3) is 0 Å². The minimum absolute atomic E-state index is 0.105. The monoisotopic (exact) mass is 332 g/mol. The van der Waals surface area contributed by atoms with Crippen molar-refractivity contribution in [3.8, 4) is 0 Å². The van der Waals surface area contributed by atoms with Gasteiger partial charge >= 0.3 is 0 Å². The van der Waals surface area contributed by atoms with Gasteiger partial charge < -0.3 is 10.2 Å². The van der Waals surface area contributed by atoms with Crippen molar-refractivity contribution in [2.75, 3.05) is 18.1 Å². The van der Waals surface area contributed by atoms with Gasteiger partial charge in [0.2, 0.25) is 0 Å². The van der Waals surface area contributed by atoms with Gasteiger partial charge in [-0.2, -0.15) is 11.8 Å². The Kier molecular flexibility index (Phi) is 19.6. The van der Waals surface area contributed by atoms with Gasteiger partial charge in [0.1, 0.15) is 0 Å². The van der Waals surface area contributed by atoms with Gasteiger partial charge in [-0.25, -0.2) is 0 Å². The van der Waals surface area contributed by atoms with Crippen LogP contribution in [0.15, 0.2) is 0 Å². The maximum atomic E-state index is 9.20. The first-order valence-corrected chi connectivity index (χ1v) is 10.8. The lowest BCUT2D eigenvalue weighted by atomic mass is 10.0. The third-order valence-electron chi connectivity index (χ3n) is 4.16. The molecule has 134 valence electrons. The highest BCUT2D eigenvalue weighted by atomic mass is 32.2. The van der Waals surface area contributed by atoms with Crippen LogP contribution in [-0.2, 0) is 0 Å². The van der Waals surface area contributed by atoms with Gasteiger partial charge in [-0.3, -0.25) is 0 Å². The van der Waals surface area contributed by atoms with E-state index < -0.39 is 6.10 Å². The molecule has 0 aromatic heterocycles. The van der Waals surface area contributed by atoms with Crippen LogP contribution in [0, 0.1) is 0 Å². The Balaban J connectivity index is 2.97. The molecule has 0 spiro atoms. The van der Waals surface area contributed by atoms with Crippen LogP contribution in [0.4, 0.5) is 0 Å². The van der Waals surface area contributed by atoms with Gasteiger partial charge in [0.05, 0.1) is 12.7 Å². The topological polar surface area (TPSA) is 40.5 Å². The van der Waals surface area contributed by atoms with Gasteiger partial charge in [-0.1, -0.05) is 90.4 Å². The summed E-state index contributed by atoms with van der Waals surface area (Å²) in [5, 5.41) is 17.9. The molecule has 1 unspecified atom stereocenters. The fourth-order valence-corrected chi connectivity index (χ4v) is 3.62. The Hall–Kier alpha value is 0.270.